The minimum Gasteiger partial charge on any atom is -0.395 e. The van der Waals surface area contributed by atoms with Crippen LogP contribution in [0.1, 0.15) is 31.5 Å². The van der Waals surface area contributed by atoms with Gasteiger partial charge in [0.25, 0.3) is 0 Å². The van der Waals surface area contributed by atoms with Gasteiger partial charge in [-0.25, -0.2) is 0 Å². The third-order valence-corrected chi connectivity index (χ3v) is 4.50. The highest BCUT2D eigenvalue weighted by Gasteiger charge is 2.35. The smallest absolute Gasteiger partial charge is 0.249 e. The summed E-state index contributed by atoms with van der Waals surface area (Å²) in [5, 5.41) is 24.9. The molecule has 0 unspecified atom stereocenters. The lowest BCUT2D eigenvalue weighted by molar-refractivity contribution is -0.118. The lowest BCUT2D eigenvalue weighted by Crippen LogP contribution is -2.54. The molecule has 1 aliphatic rings. The summed E-state index contributed by atoms with van der Waals surface area (Å²) in [5.41, 5.74) is 1.55. The average Bonchev–Trinajstić information content (AvgIpc) is 3.03. The number of hydrogen-bond donors (Lipinski definition) is 2. The van der Waals surface area contributed by atoms with Crippen LogP contribution in [0, 0.1) is 11.3 Å². The predicted octanol–water partition coefficient (Wildman–Crippen LogP) is 2.03. The highest BCUT2D eigenvalue weighted by molar-refractivity contribution is 5.97. The second-order valence-corrected chi connectivity index (χ2v) is 6.76. The van der Waals surface area contributed by atoms with E-state index in [1.54, 1.807) is 18.2 Å². The van der Waals surface area contributed by atoms with E-state index in [0.29, 0.717) is 11.3 Å². The van der Waals surface area contributed by atoms with Crippen molar-refractivity contribution in [1.82, 2.24) is 5.16 Å². The molecule has 1 aromatic heterocycles. The number of nitriles is 1. The molecular formula is C18H20N4O3. The average molecular weight is 340 g/mol. The van der Waals surface area contributed by atoms with Crippen molar-refractivity contribution in [2.45, 2.75) is 31.7 Å². The summed E-state index contributed by atoms with van der Waals surface area (Å²) in [5.74, 6) is 0.105. The molecule has 1 aromatic carbocycles. The summed E-state index contributed by atoms with van der Waals surface area (Å²) in [6, 6.07) is 10.6. The van der Waals surface area contributed by atoms with Gasteiger partial charge >= 0.3 is 0 Å². The standard InChI is InChI=1S/C18H20N4O3/c1-18(2,11-23)15-9-16(25-21-15)20-17(24)14-7-8-22(14)13-5-3-12(10-19)4-6-13/h3-6,9,14,23H,7-8,11H2,1-2H3,(H,20,24)/t14-/m0/s1. The highest BCUT2D eigenvalue weighted by Crippen LogP contribution is 2.28. The largest absolute Gasteiger partial charge is 0.395 e. The number of rotatable bonds is 5. The summed E-state index contributed by atoms with van der Waals surface area (Å²) >= 11 is 0. The number of carbonyl (C=O) groups excluding carboxylic acids is 1. The van der Waals surface area contributed by atoms with Crippen molar-refractivity contribution in [1.29, 1.82) is 5.26 Å². The molecule has 0 aliphatic carbocycles. The number of nitrogens with one attached hydrogen (secondary N) is 1. The fraction of sp³-hybridized carbons (Fsp3) is 0.389. The summed E-state index contributed by atoms with van der Waals surface area (Å²) in [6.07, 6.45) is 0.745. The molecule has 25 heavy (non-hydrogen) atoms. The molecule has 1 amide bonds. The van der Waals surface area contributed by atoms with Crippen molar-refractivity contribution < 1.29 is 14.4 Å². The van der Waals surface area contributed by atoms with Gasteiger partial charge in [0, 0.05) is 23.7 Å². The Morgan fingerprint density at radius 3 is 2.76 bits per heavy atom. The van der Waals surface area contributed by atoms with E-state index in [1.165, 1.54) is 0 Å². The number of amides is 1. The topological polar surface area (TPSA) is 102 Å². The quantitative estimate of drug-likeness (QED) is 0.863. The maximum absolute atomic E-state index is 12.5. The fourth-order valence-electron chi connectivity index (χ4n) is 2.64. The summed E-state index contributed by atoms with van der Waals surface area (Å²) in [7, 11) is 0. The number of hydrogen-bond acceptors (Lipinski definition) is 6. The Labute approximate surface area is 145 Å². The van der Waals surface area contributed by atoms with Crippen LogP contribution in [0.3, 0.4) is 0 Å². The summed E-state index contributed by atoms with van der Waals surface area (Å²) < 4.78 is 5.17. The first-order chi connectivity index (χ1) is 11.9. The summed E-state index contributed by atoms with van der Waals surface area (Å²) in [6.45, 7) is 4.40. The molecule has 0 bridgehead atoms. The molecule has 7 heteroatoms. The molecule has 7 nitrogen and oxygen atoms in total. The van der Waals surface area contributed by atoms with E-state index >= 15 is 0 Å². The van der Waals surface area contributed by atoms with Crippen LogP contribution >= 0.6 is 0 Å². The van der Waals surface area contributed by atoms with Crippen LogP contribution in [0.15, 0.2) is 34.9 Å². The van der Waals surface area contributed by atoms with Gasteiger partial charge in [-0.2, -0.15) is 5.26 Å². The molecule has 2 heterocycles. The molecular weight excluding hydrogens is 320 g/mol. The SMILES string of the molecule is CC(C)(CO)c1cc(NC(=O)[C@@H]2CCN2c2ccc(C#N)cc2)on1. The molecule has 1 fully saturated rings. The van der Waals surface area contributed by atoms with E-state index < -0.39 is 5.41 Å². The van der Waals surface area contributed by atoms with Crippen LogP contribution < -0.4 is 10.2 Å². The third-order valence-electron chi connectivity index (χ3n) is 4.50. The van der Waals surface area contributed by atoms with Gasteiger partial charge < -0.3 is 14.5 Å². The van der Waals surface area contributed by atoms with E-state index in [2.05, 4.69) is 16.5 Å². The lowest BCUT2D eigenvalue weighted by atomic mass is 9.91. The van der Waals surface area contributed by atoms with Crippen molar-refractivity contribution in [3.05, 3.63) is 41.6 Å². The van der Waals surface area contributed by atoms with Crippen LogP contribution in [0.5, 0.6) is 0 Å². The minimum atomic E-state index is -0.530. The zero-order valence-corrected chi connectivity index (χ0v) is 14.2. The van der Waals surface area contributed by atoms with Crippen molar-refractivity contribution in [2.24, 2.45) is 0 Å². The number of benzene rings is 1. The van der Waals surface area contributed by atoms with Crippen molar-refractivity contribution >= 4 is 17.5 Å². The normalized spacial score (nSPS) is 16.9. The number of anilines is 2. The maximum atomic E-state index is 12.5. The van der Waals surface area contributed by atoms with Gasteiger partial charge in [-0.05, 0) is 30.7 Å². The van der Waals surface area contributed by atoms with Gasteiger partial charge in [-0.15, -0.1) is 0 Å². The van der Waals surface area contributed by atoms with Crippen molar-refractivity contribution in [2.75, 3.05) is 23.4 Å². The van der Waals surface area contributed by atoms with Crippen LogP contribution in [-0.2, 0) is 10.2 Å². The number of aliphatic hydroxyl groups is 1. The fourth-order valence-corrected chi connectivity index (χ4v) is 2.64. The van der Waals surface area contributed by atoms with Gasteiger partial charge in [-0.3, -0.25) is 10.1 Å². The van der Waals surface area contributed by atoms with E-state index in [4.69, 9.17) is 9.78 Å². The van der Waals surface area contributed by atoms with Crippen LogP contribution in [0.4, 0.5) is 11.6 Å². The molecule has 2 aromatic rings. The Hall–Kier alpha value is -2.85. The number of aliphatic hydroxyl groups excluding tert-OH is 1. The first-order valence-electron chi connectivity index (χ1n) is 8.10. The third kappa shape index (κ3) is 3.35. The van der Waals surface area contributed by atoms with Crippen molar-refractivity contribution in [3.8, 4) is 6.07 Å². The molecule has 1 aliphatic heterocycles. The van der Waals surface area contributed by atoms with E-state index in [9.17, 15) is 9.90 Å². The molecule has 0 saturated carbocycles. The molecule has 130 valence electrons. The Bertz CT molecular complexity index is 804. The maximum Gasteiger partial charge on any atom is 0.249 e. The van der Waals surface area contributed by atoms with Gasteiger partial charge in [0.1, 0.15) is 6.04 Å². The van der Waals surface area contributed by atoms with Crippen LogP contribution in [-0.4, -0.2) is 35.4 Å². The summed E-state index contributed by atoms with van der Waals surface area (Å²) in [4.78, 5) is 14.5. The Kier molecular flexibility index (Phi) is 4.47. The Balaban J connectivity index is 1.66. The second-order valence-electron chi connectivity index (χ2n) is 6.76. The van der Waals surface area contributed by atoms with Crippen LogP contribution in [0.2, 0.25) is 0 Å². The molecule has 0 spiro atoms. The Morgan fingerprint density at radius 1 is 1.48 bits per heavy atom. The highest BCUT2D eigenvalue weighted by atomic mass is 16.5. The molecule has 0 radical (unpaired) electrons. The monoisotopic (exact) mass is 340 g/mol. The zero-order valence-electron chi connectivity index (χ0n) is 14.2. The molecule has 1 saturated heterocycles. The first kappa shape index (κ1) is 17.0. The number of nitrogens with zero attached hydrogens (tertiary/aromatic N) is 3. The molecule has 1 atom stereocenters. The molecule has 2 N–H and O–H groups in total. The predicted molar refractivity (Wildman–Crippen MR) is 92.2 cm³/mol. The van der Waals surface area contributed by atoms with Gasteiger partial charge in [0.05, 0.1) is 23.9 Å². The van der Waals surface area contributed by atoms with Crippen molar-refractivity contribution in [3.63, 3.8) is 0 Å². The second kappa shape index (κ2) is 6.57. The van der Waals surface area contributed by atoms with Gasteiger partial charge in [0.15, 0.2) is 0 Å². The number of carbonyl (C=O) groups is 1. The van der Waals surface area contributed by atoms with Crippen LogP contribution in [0.25, 0.3) is 0 Å². The van der Waals surface area contributed by atoms with E-state index in [1.807, 2.05) is 30.9 Å². The Morgan fingerprint density at radius 2 is 2.20 bits per heavy atom. The zero-order chi connectivity index (χ0) is 18.0. The number of aromatic nitrogens is 1. The van der Waals surface area contributed by atoms with E-state index in [0.717, 1.165) is 18.7 Å². The lowest BCUT2D eigenvalue weighted by Gasteiger charge is -2.41. The van der Waals surface area contributed by atoms with Gasteiger partial charge in [0.2, 0.25) is 11.8 Å². The van der Waals surface area contributed by atoms with Gasteiger partial charge in [-0.1, -0.05) is 19.0 Å². The minimum absolute atomic E-state index is 0.0674. The molecule has 3 rings (SSSR count). The van der Waals surface area contributed by atoms with E-state index in [-0.39, 0.29) is 24.4 Å². The first-order valence-corrected chi connectivity index (χ1v) is 8.10.